The molecule has 0 atom stereocenters. The molecule has 0 fully saturated rings. The molecule has 6 nitrogen and oxygen atoms in total. The summed E-state index contributed by atoms with van der Waals surface area (Å²) in [6.07, 6.45) is 2.45. The Hall–Kier alpha value is -2.90. The minimum Gasteiger partial charge on any atom is -0.467 e. The first-order valence-corrected chi connectivity index (χ1v) is 10.8. The second kappa shape index (κ2) is 9.54. The molecule has 1 N–H and O–H groups in total. The van der Waals surface area contributed by atoms with Crippen molar-refractivity contribution >= 4 is 15.9 Å². The predicted molar refractivity (Wildman–Crippen MR) is 110 cm³/mol. The zero-order valence-corrected chi connectivity index (χ0v) is 17.1. The summed E-state index contributed by atoms with van der Waals surface area (Å²) in [6, 6.07) is 20.1. The molecule has 1 aromatic heterocycles. The van der Waals surface area contributed by atoms with Crippen molar-refractivity contribution in [3.8, 4) is 0 Å². The van der Waals surface area contributed by atoms with Crippen molar-refractivity contribution in [3.05, 3.63) is 89.9 Å². The Morgan fingerprint density at radius 2 is 1.66 bits per heavy atom. The molecule has 1 amide bonds. The average Bonchev–Trinajstić information content (AvgIpc) is 3.26. The molecular weight excluding hydrogens is 388 g/mol. The van der Waals surface area contributed by atoms with E-state index in [1.807, 2.05) is 36.4 Å². The smallest absolute Gasteiger partial charge is 0.240 e. The van der Waals surface area contributed by atoms with Crippen LogP contribution in [0.25, 0.3) is 0 Å². The fraction of sp³-hybridized carbons (Fsp3) is 0.227. The number of carbonyl (C=O) groups is 1. The van der Waals surface area contributed by atoms with E-state index >= 15 is 0 Å². The highest BCUT2D eigenvalue weighted by molar-refractivity contribution is 7.89. The lowest BCUT2D eigenvalue weighted by molar-refractivity contribution is -0.132. The first kappa shape index (κ1) is 20.8. The molecule has 0 bridgehead atoms. The molecule has 0 unspecified atom stereocenters. The van der Waals surface area contributed by atoms with Crippen molar-refractivity contribution in [1.82, 2.24) is 9.62 Å². The second-order valence-corrected chi connectivity index (χ2v) is 8.55. The van der Waals surface area contributed by atoms with Crippen LogP contribution in [0.3, 0.4) is 0 Å². The molecule has 0 saturated carbocycles. The van der Waals surface area contributed by atoms with Gasteiger partial charge < -0.3 is 9.32 Å². The maximum atomic E-state index is 12.9. The van der Waals surface area contributed by atoms with Crippen LogP contribution in [0.1, 0.15) is 23.3 Å². The lowest BCUT2D eigenvalue weighted by Crippen LogP contribution is -2.30. The highest BCUT2D eigenvalue weighted by Gasteiger charge is 2.16. The molecule has 1 heterocycles. The van der Waals surface area contributed by atoms with Crippen molar-refractivity contribution < 1.29 is 17.6 Å². The van der Waals surface area contributed by atoms with Gasteiger partial charge in [-0.2, -0.15) is 0 Å². The van der Waals surface area contributed by atoms with Crippen LogP contribution < -0.4 is 4.72 Å². The maximum Gasteiger partial charge on any atom is 0.240 e. The van der Waals surface area contributed by atoms with Gasteiger partial charge in [-0.05, 0) is 48.9 Å². The first-order valence-electron chi connectivity index (χ1n) is 9.34. The van der Waals surface area contributed by atoms with E-state index < -0.39 is 10.0 Å². The summed E-state index contributed by atoms with van der Waals surface area (Å²) >= 11 is 0. The number of amides is 1. The standard InChI is InChI=1S/C22H24N2O4S/c1-23-29(26,27)21-12-9-18(10-13-21)11-14-22(25)24(17-20-8-5-15-28-20)16-19-6-3-2-4-7-19/h2-10,12-13,15,23H,11,14,16-17H2,1H3. The number of nitrogens with one attached hydrogen (secondary N) is 1. The van der Waals surface area contributed by atoms with Crippen LogP contribution in [0.4, 0.5) is 0 Å². The Morgan fingerprint density at radius 3 is 2.28 bits per heavy atom. The highest BCUT2D eigenvalue weighted by Crippen LogP contribution is 2.15. The number of hydrogen-bond acceptors (Lipinski definition) is 4. The van der Waals surface area contributed by atoms with Crippen LogP contribution in [0.5, 0.6) is 0 Å². The summed E-state index contributed by atoms with van der Waals surface area (Å²) in [6.45, 7) is 0.903. The van der Waals surface area contributed by atoms with Crippen LogP contribution in [0.15, 0.2) is 82.3 Å². The first-order chi connectivity index (χ1) is 14.0. The second-order valence-electron chi connectivity index (χ2n) is 6.67. The predicted octanol–water partition coefficient (Wildman–Crippen LogP) is 3.35. The van der Waals surface area contributed by atoms with Crippen molar-refractivity contribution in [2.45, 2.75) is 30.8 Å². The summed E-state index contributed by atoms with van der Waals surface area (Å²) < 4.78 is 31.3. The van der Waals surface area contributed by atoms with Crippen molar-refractivity contribution in [2.24, 2.45) is 0 Å². The molecule has 7 heteroatoms. The molecule has 0 aliphatic heterocycles. The summed E-state index contributed by atoms with van der Waals surface area (Å²) in [5.41, 5.74) is 1.96. The van der Waals surface area contributed by atoms with Gasteiger partial charge in [0.25, 0.3) is 0 Å². The van der Waals surface area contributed by atoms with Crippen molar-refractivity contribution in [3.63, 3.8) is 0 Å². The van der Waals surface area contributed by atoms with Gasteiger partial charge in [-0.3, -0.25) is 4.79 Å². The van der Waals surface area contributed by atoms with E-state index in [9.17, 15) is 13.2 Å². The quantitative estimate of drug-likeness (QED) is 0.585. The number of furan rings is 1. The van der Waals surface area contributed by atoms with E-state index in [0.29, 0.717) is 25.9 Å². The van der Waals surface area contributed by atoms with E-state index in [1.165, 1.54) is 7.05 Å². The fourth-order valence-corrected chi connectivity index (χ4v) is 3.72. The van der Waals surface area contributed by atoms with Gasteiger partial charge in [0.2, 0.25) is 15.9 Å². The SMILES string of the molecule is CNS(=O)(=O)c1ccc(CCC(=O)N(Cc2ccccc2)Cc2ccco2)cc1. The van der Waals surface area contributed by atoms with E-state index in [2.05, 4.69) is 4.72 Å². The third kappa shape index (κ3) is 5.79. The molecule has 0 radical (unpaired) electrons. The Kier molecular flexibility index (Phi) is 6.85. The summed E-state index contributed by atoms with van der Waals surface area (Å²) in [4.78, 5) is 14.9. The summed E-state index contributed by atoms with van der Waals surface area (Å²) in [5, 5.41) is 0. The molecule has 3 rings (SSSR count). The molecule has 152 valence electrons. The molecule has 0 aliphatic rings. The molecule has 0 saturated heterocycles. The molecular formula is C22H24N2O4S. The third-order valence-electron chi connectivity index (χ3n) is 4.63. The van der Waals surface area contributed by atoms with Crippen LogP contribution in [-0.2, 0) is 34.3 Å². The van der Waals surface area contributed by atoms with E-state index in [-0.39, 0.29) is 10.8 Å². The van der Waals surface area contributed by atoms with Gasteiger partial charge in [0.15, 0.2) is 0 Å². The maximum absolute atomic E-state index is 12.9. The minimum atomic E-state index is -3.46. The van der Waals surface area contributed by atoms with Crippen LogP contribution in [0.2, 0.25) is 0 Å². The molecule has 0 aliphatic carbocycles. The van der Waals surface area contributed by atoms with E-state index in [1.54, 1.807) is 41.5 Å². The van der Waals surface area contributed by atoms with Gasteiger partial charge in [-0.15, -0.1) is 0 Å². The average molecular weight is 413 g/mol. The van der Waals surface area contributed by atoms with E-state index in [4.69, 9.17) is 4.42 Å². The van der Waals surface area contributed by atoms with Crippen molar-refractivity contribution in [2.75, 3.05) is 7.05 Å². The van der Waals surface area contributed by atoms with Gasteiger partial charge in [0.1, 0.15) is 5.76 Å². The number of nitrogens with zero attached hydrogens (tertiary/aromatic N) is 1. The van der Waals surface area contributed by atoms with Gasteiger partial charge in [-0.1, -0.05) is 42.5 Å². The number of carbonyl (C=O) groups excluding carboxylic acids is 1. The van der Waals surface area contributed by atoms with Gasteiger partial charge in [-0.25, -0.2) is 13.1 Å². The Bertz CT molecular complexity index is 1010. The molecule has 29 heavy (non-hydrogen) atoms. The Morgan fingerprint density at radius 1 is 0.931 bits per heavy atom. The van der Waals surface area contributed by atoms with Crippen molar-refractivity contribution in [1.29, 1.82) is 0 Å². The molecule has 0 spiro atoms. The monoisotopic (exact) mass is 412 g/mol. The fourth-order valence-electron chi connectivity index (χ4n) is 2.99. The van der Waals surface area contributed by atoms with Gasteiger partial charge >= 0.3 is 0 Å². The number of rotatable bonds is 9. The number of aryl methyl sites for hydroxylation is 1. The lowest BCUT2D eigenvalue weighted by Gasteiger charge is -2.22. The lowest BCUT2D eigenvalue weighted by atomic mass is 10.1. The summed E-state index contributed by atoms with van der Waals surface area (Å²) in [5.74, 6) is 0.744. The molecule has 3 aromatic rings. The molecule has 2 aromatic carbocycles. The van der Waals surface area contributed by atoms with Crippen LogP contribution in [0, 0.1) is 0 Å². The third-order valence-corrected chi connectivity index (χ3v) is 6.06. The number of hydrogen-bond donors (Lipinski definition) is 1. The zero-order chi connectivity index (χ0) is 20.7. The Labute approximate surface area is 171 Å². The van der Waals surface area contributed by atoms with Crippen LogP contribution >= 0.6 is 0 Å². The van der Waals surface area contributed by atoms with E-state index in [0.717, 1.165) is 16.9 Å². The Balaban J connectivity index is 1.66. The van der Waals surface area contributed by atoms with Crippen LogP contribution in [-0.4, -0.2) is 26.3 Å². The largest absolute Gasteiger partial charge is 0.467 e. The normalized spacial score (nSPS) is 11.3. The van der Waals surface area contributed by atoms with Gasteiger partial charge in [0.05, 0.1) is 17.7 Å². The number of benzene rings is 2. The summed E-state index contributed by atoms with van der Waals surface area (Å²) in [7, 11) is -2.08. The minimum absolute atomic E-state index is 0.0113. The van der Waals surface area contributed by atoms with Gasteiger partial charge in [0, 0.05) is 13.0 Å². The topological polar surface area (TPSA) is 79.6 Å². The zero-order valence-electron chi connectivity index (χ0n) is 16.2. The number of sulfonamides is 1. The highest BCUT2D eigenvalue weighted by atomic mass is 32.2.